The summed E-state index contributed by atoms with van der Waals surface area (Å²) in [7, 11) is 0. The molecule has 0 amide bonds. The molecule has 36 heavy (non-hydrogen) atoms. The molecular weight excluding hydrogens is 448 g/mol. The molecule has 2 N–H and O–H groups in total. The Morgan fingerprint density at radius 2 is 1.89 bits per heavy atom. The number of aryl methyl sites for hydroxylation is 1. The molecule has 0 saturated carbocycles. The Labute approximate surface area is 213 Å². The van der Waals surface area contributed by atoms with Gasteiger partial charge in [0.05, 0.1) is 17.2 Å². The first-order valence-corrected chi connectivity index (χ1v) is 13.3. The largest absolute Gasteiger partial charge is 0.396 e. The lowest BCUT2D eigenvalue weighted by Crippen LogP contribution is -2.47. The van der Waals surface area contributed by atoms with Gasteiger partial charge in [0.15, 0.2) is 5.78 Å². The van der Waals surface area contributed by atoms with E-state index in [1.54, 1.807) is 6.07 Å². The van der Waals surface area contributed by atoms with Gasteiger partial charge in [-0.25, -0.2) is 0 Å². The summed E-state index contributed by atoms with van der Waals surface area (Å²) in [6, 6.07) is 12.2. The Morgan fingerprint density at radius 3 is 2.58 bits per heavy atom. The average molecular weight is 485 g/mol. The molecule has 5 rings (SSSR count). The number of anilines is 1. The minimum Gasteiger partial charge on any atom is -0.396 e. The van der Waals surface area contributed by atoms with Gasteiger partial charge >= 0.3 is 0 Å². The van der Waals surface area contributed by atoms with E-state index < -0.39 is 0 Å². The minimum absolute atomic E-state index is 0.0767. The number of rotatable bonds is 7. The van der Waals surface area contributed by atoms with Crippen LogP contribution in [0.4, 0.5) is 5.69 Å². The molecule has 0 unspecified atom stereocenters. The second-order valence-corrected chi connectivity index (χ2v) is 10.7. The van der Waals surface area contributed by atoms with Crippen LogP contribution in [-0.4, -0.2) is 60.1 Å². The van der Waals surface area contributed by atoms with Crippen LogP contribution in [0.1, 0.15) is 78.3 Å². The first kappa shape index (κ1) is 24.5. The molecule has 3 aromatic rings. The second kappa shape index (κ2) is 9.72. The number of ketones is 1. The van der Waals surface area contributed by atoms with E-state index in [9.17, 15) is 10.1 Å². The van der Waals surface area contributed by atoms with Gasteiger partial charge in [-0.15, -0.1) is 0 Å². The Bertz CT molecular complexity index is 1340. The van der Waals surface area contributed by atoms with Crippen LogP contribution < -0.4 is 4.90 Å². The van der Waals surface area contributed by atoms with Crippen molar-refractivity contribution >= 4 is 22.4 Å². The van der Waals surface area contributed by atoms with Crippen molar-refractivity contribution in [2.24, 2.45) is 0 Å². The third-order valence-electron chi connectivity index (χ3n) is 8.03. The zero-order valence-electron chi connectivity index (χ0n) is 21.7. The van der Waals surface area contributed by atoms with Crippen LogP contribution in [0, 0.1) is 11.3 Å². The van der Waals surface area contributed by atoms with Gasteiger partial charge in [0.25, 0.3) is 0 Å². The lowest BCUT2D eigenvalue weighted by atomic mass is 9.70. The number of carbonyl (C=O) groups excluding carboxylic acids is 1. The predicted molar refractivity (Wildman–Crippen MR) is 144 cm³/mol. The Morgan fingerprint density at radius 1 is 1.11 bits per heavy atom. The number of aromatic amines is 1. The van der Waals surface area contributed by atoms with E-state index in [0.29, 0.717) is 5.56 Å². The van der Waals surface area contributed by atoms with E-state index in [1.165, 1.54) is 11.3 Å². The lowest BCUT2D eigenvalue weighted by Gasteiger charge is -2.39. The number of nitrogens with zero attached hydrogens (tertiary/aromatic N) is 3. The molecule has 1 saturated heterocycles. The summed E-state index contributed by atoms with van der Waals surface area (Å²) in [5.41, 5.74) is 7.16. The zero-order chi connectivity index (χ0) is 25.4. The molecule has 1 aromatic heterocycles. The van der Waals surface area contributed by atoms with Gasteiger partial charge in [-0.3, -0.25) is 9.69 Å². The number of aromatic nitrogens is 1. The minimum atomic E-state index is -0.365. The van der Waals surface area contributed by atoms with E-state index in [1.807, 2.05) is 12.1 Å². The molecular formula is C30H36N4O2. The molecule has 0 spiro atoms. The van der Waals surface area contributed by atoms with Crippen LogP contribution in [0.5, 0.6) is 0 Å². The number of H-pyrrole nitrogens is 1. The average Bonchev–Trinajstić information content (AvgIpc) is 3.28. The van der Waals surface area contributed by atoms with Gasteiger partial charge in [0.1, 0.15) is 0 Å². The van der Waals surface area contributed by atoms with Crippen molar-refractivity contribution in [3.8, 4) is 6.07 Å². The number of nitrogens with one attached hydrogen (secondary N) is 1. The van der Waals surface area contributed by atoms with Crippen LogP contribution in [0.25, 0.3) is 10.9 Å². The normalized spacial score (nSPS) is 17.2. The number of aliphatic hydroxyl groups excluding tert-OH is 1. The number of aliphatic hydroxyl groups is 1. The van der Waals surface area contributed by atoms with E-state index in [4.69, 9.17) is 5.11 Å². The summed E-state index contributed by atoms with van der Waals surface area (Å²) in [4.78, 5) is 22.4. The van der Waals surface area contributed by atoms with Crippen molar-refractivity contribution in [3.63, 3.8) is 0 Å². The summed E-state index contributed by atoms with van der Waals surface area (Å²) >= 11 is 0. The van der Waals surface area contributed by atoms with E-state index in [2.05, 4.69) is 53.8 Å². The number of nitriles is 1. The number of piperazine rings is 1. The van der Waals surface area contributed by atoms with E-state index >= 15 is 0 Å². The summed E-state index contributed by atoms with van der Waals surface area (Å²) in [6.45, 7) is 11.9. The Kier molecular flexibility index (Phi) is 6.63. The molecule has 0 bridgehead atoms. The quantitative estimate of drug-likeness (QED) is 0.473. The molecule has 188 valence electrons. The first-order chi connectivity index (χ1) is 17.4. The number of carbonyl (C=O) groups is 1. The highest BCUT2D eigenvalue weighted by molar-refractivity contribution is 6.20. The van der Waals surface area contributed by atoms with Crippen molar-refractivity contribution in [2.75, 3.05) is 44.2 Å². The molecule has 1 fully saturated rings. The SMILES string of the molecule is CCCc1cc2c(cc1N1CCN(CCCCO)CC1)C(C)(C)c1[nH]c3cc(C#N)ccc3c1C2=O. The predicted octanol–water partition coefficient (Wildman–Crippen LogP) is 4.76. The fourth-order valence-corrected chi connectivity index (χ4v) is 6.00. The molecule has 6 heteroatoms. The lowest BCUT2D eigenvalue weighted by molar-refractivity contribution is 0.103. The van der Waals surface area contributed by atoms with Crippen LogP contribution in [0.2, 0.25) is 0 Å². The molecule has 2 aliphatic rings. The number of hydrogen-bond donors (Lipinski definition) is 2. The maximum atomic E-state index is 13.9. The number of unbranched alkanes of at least 4 members (excludes halogenated alkanes) is 1. The Hall–Kier alpha value is -3.14. The molecule has 0 radical (unpaired) electrons. The van der Waals surface area contributed by atoms with Crippen LogP contribution in [0.3, 0.4) is 0 Å². The molecule has 2 heterocycles. The summed E-state index contributed by atoms with van der Waals surface area (Å²) < 4.78 is 0. The molecule has 0 atom stereocenters. The van der Waals surface area contributed by atoms with Gasteiger partial charge in [-0.2, -0.15) is 5.26 Å². The maximum Gasteiger partial charge on any atom is 0.195 e. The summed E-state index contributed by atoms with van der Waals surface area (Å²) in [6.07, 6.45) is 3.87. The van der Waals surface area contributed by atoms with Gasteiger partial charge in [-0.1, -0.05) is 33.3 Å². The standard InChI is InChI=1S/C30H36N4O2/c1-4-7-21-17-23-24(18-26(21)34-13-11-33(12-14-34)10-5-6-15-35)30(2,3)29-27(28(23)36)22-9-8-20(19-31)16-25(22)32-29/h8-9,16-18,32,35H,4-7,10-15H2,1-3H3. The smallest absolute Gasteiger partial charge is 0.195 e. The van der Waals surface area contributed by atoms with Gasteiger partial charge in [-0.05, 0) is 61.2 Å². The highest BCUT2D eigenvalue weighted by Gasteiger charge is 2.40. The van der Waals surface area contributed by atoms with Crippen LogP contribution in [0.15, 0.2) is 30.3 Å². The van der Waals surface area contributed by atoms with E-state index in [-0.39, 0.29) is 17.8 Å². The second-order valence-electron chi connectivity index (χ2n) is 10.7. The Balaban J connectivity index is 1.53. The topological polar surface area (TPSA) is 83.4 Å². The van der Waals surface area contributed by atoms with Gasteiger partial charge in [0.2, 0.25) is 0 Å². The van der Waals surface area contributed by atoms with Crippen molar-refractivity contribution in [1.82, 2.24) is 9.88 Å². The highest BCUT2D eigenvalue weighted by atomic mass is 16.2. The molecule has 1 aliphatic carbocycles. The van der Waals surface area contributed by atoms with Gasteiger partial charge < -0.3 is 15.0 Å². The monoisotopic (exact) mass is 484 g/mol. The molecule has 2 aromatic carbocycles. The van der Waals surface area contributed by atoms with Crippen LogP contribution >= 0.6 is 0 Å². The summed E-state index contributed by atoms with van der Waals surface area (Å²) in [5, 5.41) is 19.3. The van der Waals surface area contributed by atoms with Crippen LogP contribution in [-0.2, 0) is 11.8 Å². The number of benzene rings is 2. The van der Waals surface area contributed by atoms with Gasteiger partial charge in [0, 0.05) is 66.0 Å². The zero-order valence-corrected chi connectivity index (χ0v) is 21.7. The fourth-order valence-electron chi connectivity index (χ4n) is 6.00. The maximum absolute atomic E-state index is 13.9. The number of fused-ring (bicyclic) bond motifs is 4. The van der Waals surface area contributed by atoms with Crippen molar-refractivity contribution < 1.29 is 9.90 Å². The van der Waals surface area contributed by atoms with Crippen molar-refractivity contribution in [3.05, 3.63) is 63.8 Å². The fraction of sp³-hybridized carbons (Fsp3) is 0.467. The summed E-state index contributed by atoms with van der Waals surface area (Å²) in [5.74, 6) is 0.0767. The third kappa shape index (κ3) is 4.11. The van der Waals surface area contributed by atoms with Crippen molar-refractivity contribution in [2.45, 2.75) is 51.9 Å². The molecule has 6 nitrogen and oxygen atoms in total. The molecule has 1 aliphatic heterocycles. The van der Waals surface area contributed by atoms with Crippen molar-refractivity contribution in [1.29, 1.82) is 5.26 Å². The van der Waals surface area contributed by atoms with E-state index in [0.717, 1.165) is 91.7 Å². The highest BCUT2D eigenvalue weighted by Crippen LogP contribution is 2.46. The first-order valence-electron chi connectivity index (χ1n) is 13.3. The third-order valence-corrected chi connectivity index (χ3v) is 8.03. The number of hydrogen-bond acceptors (Lipinski definition) is 5.